The molecule has 248 valence electrons. The predicted molar refractivity (Wildman–Crippen MR) is 229 cm³/mol. The lowest BCUT2D eigenvalue weighted by Gasteiger charge is -2.26. The first-order valence-electron chi connectivity index (χ1n) is 18.1. The molecule has 0 atom stereocenters. The average Bonchev–Trinajstić information content (AvgIpc) is 3.77. The molecule has 3 heteroatoms. The third-order valence-corrected chi connectivity index (χ3v) is 11.9. The summed E-state index contributed by atoms with van der Waals surface area (Å²) in [5.41, 5.74) is 9.37. The van der Waals surface area contributed by atoms with Crippen LogP contribution >= 0.6 is 11.3 Å². The van der Waals surface area contributed by atoms with Gasteiger partial charge in [0.15, 0.2) is 0 Å². The topological polar surface area (TPSA) is 8.17 Å². The molecular weight excluding hydrogens is 661 g/mol. The van der Waals surface area contributed by atoms with E-state index in [1.165, 1.54) is 74.6 Å². The summed E-state index contributed by atoms with van der Waals surface area (Å²) < 4.78 is 5.05. The summed E-state index contributed by atoms with van der Waals surface area (Å²) in [5.74, 6) is 0. The first-order chi connectivity index (χ1) is 26.3. The highest BCUT2D eigenvalue weighted by Gasteiger charge is 2.20. The Morgan fingerprint density at radius 1 is 0.377 bits per heavy atom. The molecule has 2 aromatic heterocycles. The minimum atomic E-state index is 1.11. The highest BCUT2D eigenvalue weighted by molar-refractivity contribution is 7.25. The first kappa shape index (κ1) is 30.0. The number of hydrogen-bond acceptors (Lipinski definition) is 2. The summed E-state index contributed by atoms with van der Waals surface area (Å²) in [6, 6.07) is 71.0. The second-order valence-corrected chi connectivity index (χ2v) is 14.8. The van der Waals surface area contributed by atoms with Crippen molar-refractivity contribution < 1.29 is 0 Å². The van der Waals surface area contributed by atoms with Gasteiger partial charge in [-0.05, 0) is 93.3 Å². The molecule has 0 aliphatic carbocycles. The molecule has 0 saturated heterocycles. The number of para-hydroxylation sites is 1. The highest BCUT2D eigenvalue weighted by atomic mass is 32.1. The molecular formula is C50H32N2S. The summed E-state index contributed by atoms with van der Waals surface area (Å²) in [6.07, 6.45) is 0. The molecule has 0 saturated carbocycles. The van der Waals surface area contributed by atoms with E-state index in [1.54, 1.807) is 0 Å². The Balaban J connectivity index is 1.15. The zero-order valence-electron chi connectivity index (χ0n) is 28.8. The molecule has 0 N–H and O–H groups in total. The Morgan fingerprint density at radius 2 is 1.06 bits per heavy atom. The Kier molecular flexibility index (Phi) is 6.76. The van der Waals surface area contributed by atoms with Gasteiger partial charge in [0, 0.05) is 53.7 Å². The van der Waals surface area contributed by atoms with Gasteiger partial charge in [-0.2, -0.15) is 0 Å². The maximum absolute atomic E-state index is 2.45. The van der Waals surface area contributed by atoms with Crippen molar-refractivity contribution in [3.63, 3.8) is 0 Å². The number of thiophene rings is 1. The van der Waals surface area contributed by atoms with Gasteiger partial charge in [-0.15, -0.1) is 11.3 Å². The molecule has 0 fully saturated rings. The zero-order chi connectivity index (χ0) is 34.9. The van der Waals surface area contributed by atoms with Gasteiger partial charge in [0.1, 0.15) is 0 Å². The number of anilines is 3. The van der Waals surface area contributed by atoms with Crippen molar-refractivity contribution in [2.75, 3.05) is 4.90 Å². The van der Waals surface area contributed by atoms with Crippen LogP contribution in [0.5, 0.6) is 0 Å². The van der Waals surface area contributed by atoms with Gasteiger partial charge in [-0.25, -0.2) is 0 Å². The standard InChI is InChI=1S/C50H32N2S/c1-2-13-34(14-3-1)41-21-10-16-35-25-29-46-50(49(35)41)44-20-6-8-22-45(44)52(46)38-18-11-17-37(31-38)51(39-26-24-33-12-4-5-15-36(33)30-39)40-27-28-43-42-19-7-9-23-47(42)53-48(43)32-40/h1-32H. The lowest BCUT2D eigenvalue weighted by atomic mass is 9.94. The number of aromatic nitrogens is 1. The molecule has 0 aliphatic rings. The van der Waals surface area contributed by atoms with E-state index >= 15 is 0 Å². The number of nitrogens with zero attached hydrogens (tertiary/aromatic N) is 2. The normalized spacial score (nSPS) is 11.8. The molecule has 0 unspecified atom stereocenters. The van der Waals surface area contributed by atoms with Crippen LogP contribution in [0.4, 0.5) is 17.1 Å². The SMILES string of the molecule is c1ccc(-c2cccc3ccc4c(c5ccccc5n4-c4cccc(N(c5ccc6ccccc6c5)c5ccc6c(c5)sc5ccccc56)c4)c23)cc1. The van der Waals surface area contributed by atoms with E-state index in [0.29, 0.717) is 0 Å². The van der Waals surface area contributed by atoms with E-state index in [-0.39, 0.29) is 0 Å². The van der Waals surface area contributed by atoms with Crippen LogP contribution in [0.15, 0.2) is 194 Å². The summed E-state index contributed by atoms with van der Waals surface area (Å²) in [5, 5.41) is 10.1. The van der Waals surface area contributed by atoms with Crippen LogP contribution in [0, 0.1) is 0 Å². The Hall–Kier alpha value is -6.68. The van der Waals surface area contributed by atoms with Gasteiger partial charge in [-0.3, -0.25) is 0 Å². The quantitative estimate of drug-likeness (QED) is 0.174. The number of hydrogen-bond donors (Lipinski definition) is 0. The van der Waals surface area contributed by atoms with Crippen LogP contribution in [-0.4, -0.2) is 4.57 Å². The van der Waals surface area contributed by atoms with Crippen LogP contribution in [0.3, 0.4) is 0 Å². The van der Waals surface area contributed by atoms with E-state index in [2.05, 4.69) is 204 Å². The minimum absolute atomic E-state index is 1.11. The highest BCUT2D eigenvalue weighted by Crippen LogP contribution is 2.44. The van der Waals surface area contributed by atoms with Gasteiger partial charge in [0.2, 0.25) is 0 Å². The maximum Gasteiger partial charge on any atom is 0.0547 e. The van der Waals surface area contributed by atoms with E-state index < -0.39 is 0 Å². The van der Waals surface area contributed by atoms with Gasteiger partial charge in [0.05, 0.1) is 11.0 Å². The summed E-state index contributed by atoms with van der Waals surface area (Å²) in [4.78, 5) is 2.41. The number of fused-ring (bicyclic) bond motifs is 9. The fourth-order valence-electron chi connectivity index (χ4n) is 8.36. The van der Waals surface area contributed by atoms with Crippen LogP contribution in [0.25, 0.3) is 80.3 Å². The van der Waals surface area contributed by atoms with Crippen LogP contribution in [0.2, 0.25) is 0 Å². The van der Waals surface area contributed by atoms with E-state index in [9.17, 15) is 0 Å². The lowest BCUT2D eigenvalue weighted by molar-refractivity contribution is 1.17. The van der Waals surface area contributed by atoms with Crippen molar-refractivity contribution in [3.8, 4) is 16.8 Å². The molecule has 11 rings (SSSR count). The largest absolute Gasteiger partial charge is 0.310 e. The van der Waals surface area contributed by atoms with Crippen LogP contribution in [-0.2, 0) is 0 Å². The predicted octanol–water partition coefficient (Wildman–Crippen LogP) is 14.6. The minimum Gasteiger partial charge on any atom is -0.310 e. The third-order valence-electron chi connectivity index (χ3n) is 10.7. The fourth-order valence-corrected chi connectivity index (χ4v) is 9.50. The lowest BCUT2D eigenvalue weighted by Crippen LogP contribution is -2.10. The van der Waals surface area contributed by atoms with Gasteiger partial charge >= 0.3 is 0 Å². The average molecular weight is 693 g/mol. The molecule has 11 aromatic rings. The van der Waals surface area contributed by atoms with Crippen molar-refractivity contribution in [1.82, 2.24) is 4.57 Å². The molecule has 0 spiro atoms. The van der Waals surface area contributed by atoms with Crippen molar-refractivity contribution >= 4 is 91.9 Å². The Morgan fingerprint density at radius 3 is 1.98 bits per heavy atom. The smallest absolute Gasteiger partial charge is 0.0547 e. The molecule has 0 bridgehead atoms. The number of benzene rings is 9. The van der Waals surface area contributed by atoms with Crippen molar-refractivity contribution in [3.05, 3.63) is 194 Å². The first-order valence-corrected chi connectivity index (χ1v) is 18.9. The van der Waals surface area contributed by atoms with Crippen LogP contribution in [0.1, 0.15) is 0 Å². The molecule has 0 amide bonds. The third kappa shape index (κ3) is 4.78. The van der Waals surface area contributed by atoms with Crippen molar-refractivity contribution in [2.45, 2.75) is 0 Å². The molecule has 0 aliphatic heterocycles. The fraction of sp³-hybridized carbons (Fsp3) is 0. The summed E-state index contributed by atoms with van der Waals surface area (Å²) >= 11 is 1.86. The second kappa shape index (κ2) is 11.9. The van der Waals surface area contributed by atoms with Gasteiger partial charge in [-0.1, -0.05) is 133 Å². The van der Waals surface area contributed by atoms with Gasteiger partial charge < -0.3 is 9.47 Å². The zero-order valence-corrected chi connectivity index (χ0v) is 29.6. The van der Waals surface area contributed by atoms with Crippen LogP contribution < -0.4 is 4.90 Å². The molecule has 53 heavy (non-hydrogen) atoms. The van der Waals surface area contributed by atoms with Gasteiger partial charge in [0.25, 0.3) is 0 Å². The molecule has 9 aromatic carbocycles. The van der Waals surface area contributed by atoms with E-state index in [4.69, 9.17) is 0 Å². The van der Waals surface area contributed by atoms with E-state index in [0.717, 1.165) is 22.7 Å². The second-order valence-electron chi connectivity index (χ2n) is 13.7. The molecule has 2 nitrogen and oxygen atoms in total. The van der Waals surface area contributed by atoms with Crippen molar-refractivity contribution in [1.29, 1.82) is 0 Å². The molecule has 2 heterocycles. The summed E-state index contributed by atoms with van der Waals surface area (Å²) in [6.45, 7) is 0. The van der Waals surface area contributed by atoms with E-state index in [1.807, 2.05) is 11.3 Å². The Labute approximate surface area is 311 Å². The monoisotopic (exact) mass is 692 g/mol. The van der Waals surface area contributed by atoms with Crippen molar-refractivity contribution in [2.24, 2.45) is 0 Å². The summed E-state index contributed by atoms with van der Waals surface area (Å²) in [7, 11) is 0. The number of rotatable bonds is 5. The molecule has 0 radical (unpaired) electrons. The maximum atomic E-state index is 2.45. The Bertz CT molecular complexity index is 3190.